The van der Waals surface area contributed by atoms with Crippen LogP contribution in [-0.4, -0.2) is 39.7 Å². The standard InChI is InChI=1S/C27H24ClN3O4S/c1-2-35-26(34)19-11-13-21(14-12-19)30-27-31(17-18-7-4-3-5-8-18)25(33)23(36-27)16-24(32)29-22-10-6-9-20(28)15-22/h3-15,23H,2,16-17H2,1H3,(H,29,32). The minimum Gasteiger partial charge on any atom is -0.462 e. The number of benzene rings is 3. The summed E-state index contributed by atoms with van der Waals surface area (Å²) in [6.07, 6.45) is -0.0118. The van der Waals surface area contributed by atoms with Gasteiger partial charge in [-0.3, -0.25) is 14.5 Å². The van der Waals surface area contributed by atoms with Crippen molar-refractivity contribution in [1.29, 1.82) is 0 Å². The molecule has 7 nitrogen and oxygen atoms in total. The predicted molar refractivity (Wildman–Crippen MR) is 143 cm³/mol. The van der Waals surface area contributed by atoms with Crippen molar-refractivity contribution in [2.75, 3.05) is 11.9 Å². The number of carbonyl (C=O) groups is 3. The highest BCUT2D eigenvalue weighted by Gasteiger charge is 2.39. The van der Waals surface area contributed by atoms with Gasteiger partial charge in [-0.2, -0.15) is 0 Å². The quantitative estimate of drug-likeness (QED) is 0.385. The lowest BCUT2D eigenvalue weighted by Gasteiger charge is -2.16. The zero-order chi connectivity index (χ0) is 25.5. The second-order valence-corrected chi connectivity index (χ2v) is 9.55. The summed E-state index contributed by atoms with van der Waals surface area (Å²) in [4.78, 5) is 44.2. The van der Waals surface area contributed by atoms with Gasteiger partial charge in [0.05, 0.1) is 24.4 Å². The summed E-state index contributed by atoms with van der Waals surface area (Å²) in [5.74, 6) is -0.881. The molecule has 1 unspecified atom stereocenters. The Hall–Kier alpha value is -3.62. The van der Waals surface area contributed by atoms with Crippen molar-refractivity contribution in [2.45, 2.75) is 25.1 Å². The van der Waals surface area contributed by atoms with Gasteiger partial charge in [0.25, 0.3) is 0 Å². The van der Waals surface area contributed by atoms with Gasteiger partial charge in [-0.1, -0.05) is 59.8 Å². The number of nitrogens with one attached hydrogen (secondary N) is 1. The van der Waals surface area contributed by atoms with Crippen LogP contribution < -0.4 is 5.32 Å². The highest BCUT2D eigenvalue weighted by Crippen LogP contribution is 2.33. The van der Waals surface area contributed by atoms with Gasteiger partial charge in [-0.15, -0.1) is 0 Å². The number of amidine groups is 1. The molecule has 4 rings (SSSR count). The van der Waals surface area contributed by atoms with Crippen molar-refractivity contribution in [3.63, 3.8) is 0 Å². The van der Waals surface area contributed by atoms with Crippen LogP contribution >= 0.6 is 23.4 Å². The number of nitrogens with zero attached hydrogens (tertiary/aromatic N) is 2. The number of esters is 1. The summed E-state index contributed by atoms with van der Waals surface area (Å²) in [6, 6.07) is 23.1. The van der Waals surface area contributed by atoms with Gasteiger partial charge in [0.15, 0.2) is 5.17 Å². The Morgan fingerprint density at radius 3 is 2.50 bits per heavy atom. The third-order valence-electron chi connectivity index (χ3n) is 5.29. The summed E-state index contributed by atoms with van der Waals surface area (Å²) >= 11 is 7.25. The third-order valence-corrected chi connectivity index (χ3v) is 6.70. The first-order valence-corrected chi connectivity index (χ1v) is 12.6. The van der Waals surface area contributed by atoms with Crippen LogP contribution in [0.5, 0.6) is 0 Å². The lowest BCUT2D eigenvalue weighted by molar-refractivity contribution is -0.128. The molecule has 0 saturated carbocycles. The third kappa shape index (κ3) is 6.53. The van der Waals surface area contributed by atoms with Crippen molar-refractivity contribution in [3.8, 4) is 0 Å². The zero-order valence-corrected chi connectivity index (χ0v) is 21.1. The lowest BCUT2D eigenvalue weighted by Crippen LogP contribution is -2.33. The topological polar surface area (TPSA) is 88.1 Å². The number of hydrogen-bond donors (Lipinski definition) is 1. The summed E-state index contributed by atoms with van der Waals surface area (Å²) in [7, 11) is 0. The van der Waals surface area contributed by atoms with Gasteiger partial charge in [0, 0.05) is 17.1 Å². The van der Waals surface area contributed by atoms with E-state index in [4.69, 9.17) is 16.3 Å². The second kappa shape index (κ2) is 11.9. The molecule has 3 aromatic carbocycles. The first kappa shape index (κ1) is 25.5. The average molecular weight is 522 g/mol. The van der Waals surface area contributed by atoms with Crippen molar-refractivity contribution in [3.05, 3.63) is 95.0 Å². The monoisotopic (exact) mass is 521 g/mol. The van der Waals surface area contributed by atoms with Crippen molar-refractivity contribution in [2.24, 2.45) is 4.99 Å². The lowest BCUT2D eigenvalue weighted by atomic mass is 10.2. The van der Waals surface area contributed by atoms with Gasteiger partial charge in [0.2, 0.25) is 11.8 Å². The van der Waals surface area contributed by atoms with E-state index < -0.39 is 11.2 Å². The first-order valence-electron chi connectivity index (χ1n) is 11.4. The molecule has 36 heavy (non-hydrogen) atoms. The van der Waals surface area contributed by atoms with Crippen LogP contribution in [0.4, 0.5) is 11.4 Å². The maximum absolute atomic E-state index is 13.3. The molecule has 0 spiro atoms. The van der Waals surface area contributed by atoms with Crippen LogP contribution in [0.25, 0.3) is 0 Å². The fraction of sp³-hybridized carbons (Fsp3) is 0.185. The minimum atomic E-state index is -0.620. The summed E-state index contributed by atoms with van der Waals surface area (Å²) in [6.45, 7) is 2.38. The van der Waals surface area contributed by atoms with E-state index in [-0.39, 0.29) is 18.2 Å². The number of rotatable bonds is 8. The Morgan fingerprint density at radius 1 is 1.06 bits per heavy atom. The van der Waals surface area contributed by atoms with Crippen LogP contribution in [0, 0.1) is 0 Å². The number of anilines is 1. The number of carbonyl (C=O) groups excluding carboxylic acids is 3. The summed E-state index contributed by atoms with van der Waals surface area (Å²) < 4.78 is 5.02. The smallest absolute Gasteiger partial charge is 0.338 e. The molecule has 0 bridgehead atoms. The Bertz CT molecular complexity index is 1280. The number of halogens is 1. The molecule has 2 amide bonds. The normalized spacial score (nSPS) is 16.3. The second-order valence-electron chi connectivity index (χ2n) is 7.94. The number of amides is 2. The fourth-order valence-electron chi connectivity index (χ4n) is 3.58. The van der Waals surface area contributed by atoms with E-state index in [1.54, 1.807) is 60.4 Å². The molecule has 3 aromatic rings. The molecule has 1 aliphatic heterocycles. The average Bonchev–Trinajstić information content (AvgIpc) is 3.14. The Morgan fingerprint density at radius 2 is 1.81 bits per heavy atom. The van der Waals surface area contributed by atoms with Crippen LogP contribution in [0.3, 0.4) is 0 Å². The van der Waals surface area contributed by atoms with Gasteiger partial charge >= 0.3 is 5.97 Å². The molecular weight excluding hydrogens is 498 g/mol. The number of aliphatic imine (C=N–C) groups is 1. The molecule has 0 radical (unpaired) electrons. The van der Waals surface area contributed by atoms with Crippen molar-refractivity contribution < 1.29 is 19.1 Å². The Kier molecular flexibility index (Phi) is 8.40. The fourth-order valence-corrected chi connectivity index (χ4v) is 4.93. The minimum absolute atomic E-state index is 0.0118. The molecule has 1 atom stereocenters. The predicted octanol–water partition coefficient (Wildman–Crippen LogP) is 5.68. The van der Waals surface area contributed by atoms with Gasteiger partial charge in [-0.05, 0) is 55.0 Å². The Balaban J connectivity index is 1.53. The number of thioether (sulfide) groups is 1. The maximum atomic E-state index is 13.3. The highest BCUT2D eigenvalue weighted by atomic mass is 35.5. The Labute approximate surface area is 218 Å². The van der Waals surface area contributed by atoms with E-state index in [2.05, 4.69) is 10.3 Å². The molecular formula is C27H24ClN3O4S. The van der Waals surface area contributed by atoms with Crippen LogP contribution in [0.1, 0.15) is 29.3 Å². The largest absolute Gasteiger partial charge is 0.462 e. The molecule has 1 saturated heterocycles. The summed E-state index contributed by atoms with van der Waals surface area (Å²) in [5, 5.41) is 3.18. The van der Waals surface area contributed by atoms with E-state index in [1.807, 2.05) is 30.3 Å². The molecule has 1 heterocycles. The van der Waals surface area contributed by atoms with E-state index in [0.29, 0.717) is 40.3 Å². The SMILES string of the molecule is CCOC(=O)c1ccc(N=C2SC(CC(=O)Nc3cccc(Cl)c3)C(=O)N2Cc2ccccc2)cc1. The van der Waals surface area contributed by atoms with Crippen LogP contribution in [-0.2, 0) is 20.9 Å². The van der Waals surface area contributed by atoms with Crippen LogP contribution in [0.2, 0.25) is 5.02 Å². The van der Waals surface area contributed by atoms with E-state index in [0.717, 1.165) is 5.56 Å². The molecule has 1 aliphatic rings. The van der Waals surface area contributed by atoms with Gasteiger partial charge in [0.1, 0.15) is 5.25 Å². The molecule has 0 aromatic heterocycles. The van der Waals surface area contributed by atoms with Crippen molar-refractivity contribution >= 4 is 57.7 Å². The van der Waals surface area contributed by atoms with Crippen molar-refractivity contribution in [1.82, 2.24) is 4.90 Å². The molecule has 1 fully saturated rings. The maximum Gasteiger partial charge on any atom is 0.338 e. The van der Waals surface area contributed by atoms with E-state index >= 15 is 0 Å². The molecule has 0 aliphatic carbocycles. The molecule has 9 heteroatoms. The first-order chi connectivity index (χ1) is 17.4. The zero-order valence-electron chi connectivity index (χ0n) is 19.5. The number of ether oxygens (including phenoxy) is 1. The van der Waals surface area contributed by atoms with E-state index in [9.17, 15) is 14.4 Å². The van der Waals surface area contributed by atoms with Gasteiger partial charge < -0.3 is 10.1 Å². The van der Waals surface area contributed by atoms with Gasteiger partial charge in [-0.25, -0.2) is 9.79 Å². The van der Waals surface area contributed by atoms with E-state index in [1.165, 1.54) is 11.8 Å². The highest BCUT2D eigenvalue weighted by molar-refractivity contribution is 8.15. The molecule has 184 valence electrons. The number of hydrogen-bond acceptors (Lipinski definition) is 6. The summed E-state index contributed by atoms with van der Waals surface area (Å²) in [5.41, 5.74) is 2.52. The molecule has 1 N–H and O–H groups in total. The van der Waals surface area contributed by atoms with Crippen LogP contribution in [0.15, 0.2) is 83.9 Å².